The van der Waals surface area contributed by atoms with Crippen molar-refractivity contribution in [3.05, 3.63) is 112 Å². The number of halogens is 6. The highest BCUT2D eigenvalue weighted by atomic mass is 19.4. The number of hydrogen-bond donors (Lipinski definition) is 5. The molecule has 3 aliphatic heterocycles. The molecule has 12 nitrogen and oxygen atoms in total. The molecule has 18 heteroatoms. The van der Waals surface area contributed by atoms with Gasteiger partial charge in [0.15, 0.2) is 17.5 Å². The molecule has 4 atom stereocenters. The van der Waals surface area contributed by atoms with E-state index in [1.54, 1.807) is 12.3 Å². The first kappa shape index (κ1) is 41.4. The van der Waals surface area contributed by atoms with Crippen LogP contribution in [0.15, 0.2) is 79.0 Å². The lowest BCUT2D eigenvalue weighted by atomic mass is 9.96. The molecule has 6 aromatic rings. The molecule has 0 radical (unpaired) electrons. The lowest BCUT2D eigenvalue weighted by Crippen LogP contribution is -2.61. The number of aromatic nitrogens is 4. The van der Waals surface area contributed by atoms with Crippen LogP contribution in [0.2, 0.25) is 0 Å². The number of nitrogens with two attached hydrogens (primary N) is 1. The molecular weight excluding hydrogens is 811 g/mol. The SMILES string of the molecule is Cc1c([C@H](Nc2nncc3ccc(N4C[C@@H]5NCC[C@@H]54)cc23)Nc2nnc(N[C@H](N)c3cccc(C(F)(F)F)c3C)c3cc(N4CCN(C)CC4)ccc23)cccc1C(F)(F)F. The van der Waals surface area contributed by atoms with E-state index in [-0.39, 0.29) is 33.9 Å². The molecule has 0 aliphatic carbocycles. The first-order chi connectivity index (χ1) is 29.6. The summed E-state index contributed by atoms with van der Waals surface area (Å²) in [4.78, 5) is 6.79. The molecule has 9 rings (SSSR count). The van der Waals surface area contributed by atoms with Gasteiger partial charge in [-0.05, 0) is 98.6 Å². The Kier molecular flexibility index (Phi) is 10.7. The highest BCUT2D eigenvalue weighted by Crippen LogP contribution is 2.40. The van der Waals surface area contributed by atoms with Gasteiger partial charge in [-0.25, -0.2) is 0 Å². The summed E-state index contributed by atoms with van der Waals surface area (Å²) >= 11 is 0. The van der Waals surface area contributed by atoms with Crippen LogP contribution in [0, 0.1) is 13.8 Å². The van der Waals surface area contributed by atoms with Gasteiger partial charge in [0.2, 0.25) is 0 Å². The van der Waals surface area contributed by atoms with E-state index in [4.69, 9.17) is 5.73 Å². The third-order valence-electron chi connectivity index (χ3n) is 12.6. The van der Waals surface area contributed by atoms with E-state index in [1.165, 1.54) is 32.0 Å². The van der Waals surface area contributed by atoms with Crippen molar-refractivity contribution >= 4 is 50.4 Å². The average molecular weight is 857 g/mol. The summed E-state index contributed by atoms with van der Waals surface area (Å²) in [6, 6.07) is 20.4. The minimum Gasteiger partial charge on any atom is -0.369 e. The zero-order valence-corrected chi connectivity index (χ0v) is 34.2. The number of rotatable bonds is 10. The van der Waals surface area contributed by atoms with Crippen molar-refractivity contribution in [2.75, 3.05) is 72.1 Å². The maximum atomic E-state index is 14.4. The maximum Gasteiger partial charge on any atom is 0.416 e. The first-order valence-electron chi connectivity index (χ1n) is 20.5. The number of hydrogen-bond acceptors (Lipinski definition) is 12. The van der Waals surface area contributed by atoms with E-state index in [2.05, 4.69) is 63.4 Å². The van der Waals surface area contributed by atoms with Crippen molar-refractivity contribution in [3.63, 3.8) is 0 Å². The van der Waals surface area contributed by atoms with E-state index in [0.29, 0.717) is 28.7 Å². The monoisotopic (exact) mass is 856 g/mol. The molecule has 0 spiro atoms. The van der Waals surface area contributed by atoms with Gasteiger partial charge in [0.1, 0.15) is 12.3 Å². The number of nitrogens with zero attached hydrogens (tertiary/aromatic N) is 7. The summed E-state index contributed by atoms with van der Waals surface area (Å²) in [5.74, 6) is 0.780. The number of anilines is 5. The van der Waals surface area contributed by atoms with Gasteiger partial charge in [-0.2, -0.15) is 31.4 Å². The molecule has 0 bridgehead atoms. The summed E-state index contributed by atoms with van der Waals surface area (Å²) in [5.41, 5.74) is 7.37. The Morgan fingerprint density at radius 3 is 2.00 bits per heavy atom. The van der Waals surface area contributed by atoms with Crippen molar-refractivity contribution in [1.29, 1.82) is 0 Å². The third kappa shape index (κ3) is 7.86. The van der Waals surface area contributed by atoms with Gasteiger partial charge < -0.3 is 41.7 Å². The van der Waals surface area contributed by atoms with Crippen LogP contribution in [-0.2, 0) is 12.4 Å². The molecule has 0 unspecified atom stereocenters. The van der Waals surface area contributed by atoms with Crippen molar-refractivity contribution in [2.45, 2.75) is 57.0 Å². The first-order valence-corrected chi connectivity index (χ1v) is 20.5. The molecule has 0 amide bonds. The Morgan fingerprint density at radius 1 is 0.710 bits per heavy atom. The smallest absolute Gasteiger partial charge is 0.369 e. The lowest BCUT2D eigenvalue weighted by molar-refractivity contribution is -0.138. The second kappa shape index (κ2) is 16.0. The second-order valence-corrected chi connectivity index (χ2v) is 16.3. The van der Waals surface area contributed by atoms with Crippen LogP contribution in [0.25, 0.3) is 21.5 Å². The third-order valence-corrected chi connectivity index (χ3v) is 12.6. The Bertz CT molecular complexity index is 2630. The molecule has 5 heterocycles. The molecule has 4 aromatic carbocycles. The highest BCUT2D eigenvalue weighted by Gasteiger charge is 2.42. The van der Waals surface area contributed by atoms with Gasteiger partial charge in [0.25, 0.3) is 0 Å². The minimum absolute atomic E-state index is 0.00502. The number of alkyl halides is 6. The van der Waals surface area contributed by atoms with Crippen LogP contribution in [0.1, 0.15) is 52.1 Å². The molecule has 62 heavy (non-hydrogen) atoms. The van der Waals surface area contributed by atoms with E-state index in [1.807, 2.05) is 36.4 Å². The topological polar surface area (TPSA) is 135 Å². The number of piperazine rings is 1. The fourth-order valence-corrected chi connectivity index (χ4v) is 9.05. The fourth-order valence-electron chi connectivity index (χ4n) is 9.05. The quantitative estimate of drug-likeness (QED) is 0.0680. The molecule has 324 valence electrons. The predicted molar refractivity (Wildman–Crippen MR) is 229 cm³/mol. The van der Waals surface area contributed by atoms with Crippen molar-refractivity contribution in [1.82, 2.24) is 30.6 Å². The van der Waals surface area contributed by atoms with E-state index in [9.17, 15) is 26.3 Å². The minimum atomic E-state index is -4.63. The van der Waals surface area contributed by atoms with E-state index in [0.717, 1.165) is 80.0 Å². The fraction of sp³-hybridized carbons (Fsp3) is 0.364. The molecule has 3 aliphatic rings. The largest absolute Gasteiger partial charge is 0.416 e. The van der Waals surface area contributed by atoms with Gasteiger partial charge in [0.05, 0.1) is 17.3 Å². The summed E-state index contributed by atoms with van der Waals surface area (Å²) in [5, 5.41) is 33.8. The predicted octanol–water partition coefficient (Wildman–Crippen LogP) is 7.82. The van der Waals surface area contributed by atoms with E-state index < -0.39 is 35.8 Å². The summed E-state index contributed by atoms with van der Waals surface area (Å²) in [6.07, 6.45) is -8.68. The summed E-state index contributed by atoms with van der Waals surface area (Å²) in [7, 11) is 2.05. The van der Waals surface area contributed by atoms with Crippen LogP contribution >= 0.6 is 0 Å². The van der Waals surface area contributed by atoms with Crippen LogP contribution in [0.3, 0.4) is 0 Å². The summed E-state index contributed by atoms with van der Waals surface area (Å²) in [6.45, 7) is 7.79. The highest BCUT2D eigenvalue weighted by molar-refractivity contribution is 6.01. The molecule has 3 saturated heterocycles. The Labute approximate surface area is 353 Å². The van der Waals surface area contributed by atoms with Crippen LogP contribution in [0.5, 0.6) is 0 Å². The molecule has 0 saturated carbocycles. The van der Waals surface area contributed by atoms with Crippen molar-refractivity contribution < 1.29 is 26.3 Å². The van der Waals surface area contributed by atoms with Gasteiger partial charge >= 0.3 is 12.4 Å². The van der Waals surface area contributed by atoms with E-state index >= 15 is 0 Å². The zero-order valence-electron chi connectivity index (χ0n) is 34.2. The Hall–Kier alpha value is -5.98. The average Bonchev–Trinajstić information content (AvgIpc) is 3.60. The van der Waals surface area contributed by atoms with Gasteiger partial charge in [-0.3, -0.25) is 0 Å². The second-order valence-electron chi connectivity index (χ2n) is 16.3. The number of benzene rings is 4. The normalized spacial score (nSPS) is 19.3. The molecule has 2 aromatic heterocycles. The molecular formula is C44H46F6N12. The van der Waals surface area contributed by atoms with Gasteiger partial charge in [0, 0.05) is 77.7 Å². The molecule has 6 N–H and O–H groups in total. The van der Waals surface area contributed by atoms with Crippen LogP contribution < -0.4 is 36.8 Å². The number of fused-ring (bicyclic) bond motifs is 3. The lowest BCUT2D eigenvalue weighted by Gasteiger charge is -2.46. The summed E-state index contributed by atoms with van der Waals surface area (Å²) < 4.78 is 85.0. The Balaban J connectivity index is 1.13. The van der Waals surface area contributed by atoms with Crippen LogP contribution in [-0.4, -0.2) is 83.7 Å². The van der Waals surface area contributed by atoms with Gasteiger partial charge in [-0.15, -0.1) is 15.3 Å². The molecule has 3 fully saturated rings. The zero-order chi connectivity index (χ0) is 43.5. The standard InChI is InChI=1S/C44H46F6N12/c1-24-29(6-4-8-34(24)43(45,46)47)38(51)54-42-33-20-27(61-18-16-60(3)17-19-61)12-13-31(33)40(58-59-42)55-39(30-7-5-9-35(25(30)2)44(48,49)50)56-41-32-21-28(11-10-26(32)22-53-57-41)62-23-36-37(62)14-15-52-36/h4-13,20-22,36-39,52H,14-19,23,51H2,1-3H3,(H,54,59)(H,55,58)(H,56,57)/t36-,37-,38-,39-/m0/s1. The van der Waals surface area contributed by atoms with Crippen LogP contribution in [0.4, 0.5) is 55.2 Å². The maximum absolute atomic E-state index is 14.4. The Morgan fingerprint density at radius 2 is 1.32 bits per heavy atom. The van der Waals surface area contributed by atoms with Gasteiger partial charge in [-0.1, -0.05) is 30.3 Å². The van der Waals surface area contributed by atoms with Crippen molar-refractivity contribution in [2.24, 2.45) is 5.73 Å². The number of nitrogens with one attached hydrogen (secondary N) is 4. The number of likely N-dealkylation sites (N-methyl/N-ethyl adjacent to an activating group) is 1. The van der Waals surface area contributed by atoms with Crippen molar-refractivity contribution in [3.8, 4) is 0 Å².